The average molecular weight is 287 g/mol. The van der Waals surface area contributed by atoms with Gasteiger partial charge in [0.15, 0.2) is 5.12 Å². The van der Waals surface area contributed by atoms with Gasteiger partial charge in [0.05, 0.1) is 0 Å². The third-order valence-electron chi connectivity index (χ3n) is 3.16. The van der Waals surface area contributed by atoms with E-state index in [9.17, 15) is 9.59 Å². The zero-order valence-corrected chi connectivity index (χ0v) is 12.5. The molecule has 110 valence electrons. The lowest BCUT2D eigenvalue weighted by Crippen LogP contribution is -2.29. The summed E-state index contributed by atoms with van der Waals surface area (Å²) in [7, 11) is 0. The highest BCUT2D eigenvalue weighted by molar-refractivity contribution is 8.13. The van der Waals surface area contributed by atoms with E-state index >= 15 is 0 Å². The van der Waals surface area contributed by atoms with Crippen molar-refractivity contribution in [2.75, 3.05) is 38.5 Å². The Labute approximate surface area is 119 Å². The molecule has 0 spiro atoms. The Morgan fingerprint density at radius 3 is 2.89 bits per heavy atom. The number of carbonyl (C=O) groups excluding carboxylic acids is 2. The minimum atomic E-state index is 0.134. The van der Waals surface area contributed by atoms with Crippen molar-refractivity contribution < 1.29 is 9.59 Å². The summed E-state index contributed by atoms with van der Waals surface area (Å²) in [6, 6.07) is 0. The second-order valence-corrected chi connectivity index (χ2v) is 6.16. The number of nitrogens with one attached hydrogen (secondary N) is 1. The summed E-state index contributed by atoms with van der Waals surface area (Å²) in [5.41, 5.74) is 5.41. The van der Waals surface area contributed by atoms with Gasteiger partial charge in [-0.05, 0) is 38.4 Å². The second-order valence-electron chi connectivity index (χ2n) is 4.96. The topological polar surface area (TPSA) is 75.4 Å². The maximum atomic E-state index is 11.8. The van der Waals surface area contributed by atoms with Crippen molar-refractivity contribution in [3.8, 4) is 0 Å². The number of likely N-dealkylation sites (tertiary alicyclic amines) is 1. The van der Waals surface area contributed by atoms with E-state index in [1.165, 1.54) is 11.8 Å². The van der Waals surface area contributed by atoms with Crippen molar-refractivity contribution in [3.05, 3.63) is 0 Å². The van der Waals surface area contributed by atoms with Crippen LogP contribution >= 0.6 is 11.8 Å². The highest BCUT2D eigenvalue weighted by Crippen LogP contribution is 2.22. The van der Waals surface area contributed by atoms with Crippen molar-refractivity contribution in [2.45, 2.75) is 26.2 Å². The molecule has 0 radical (unpaired) electrons. The Kier molecular flexibility index (Phi) is 8.09. The first-order valence-electron chi connectivity index (χ1n) is 6.95. The first-order chi connectivity index (χ1) is 9.13. The van der Waals surface area contributed by atoms with Gasteiger partial charge in [-0.2, -0.15) is 0 Å². The SMILES string of the molecule is CC(=O)SCC1CC(=O)N(CCCNCCCN)C1. The molecule has 6 heteroatoms. The average Bonchev–Trinajstić information content (AvgIpc) is 2.72. The predicted octanol–water partition coefficient (Wildman–Crippen LogP) is 0.443. The van der Waals surface area contributed by atoms with Gasteiger partial charge in [0.2, 0.25) is 5.91 Å². The third kappa shape index (κ3) is 6.94. The van der Waals surface area contributed by atoms with Crippen LogP contribution in [0.3, 0.4) is 0 Å². The van der Waals surface area contributed by atoms with Gasteiger partial charge in [-0.3, -0.25) is 9.59 Å². The van der Waals surface area contributed by atoms with E-state index in [1.807, 2.05) is 4.90 Å². The number of carbonyl (C=O) groups is 2. The molecule has 1 fully saturated rings. The van der Waals surface area contributed by atoms with Gasteiger partial charge >= 0.3 is 0 Å². The van der Waals surface area contributed by atoms with E-state index in [2.05, 4.69) is 5.32 Å². The van der Waals surface area contributed by atoms with Crippen LogP contribution in [0.5, 0.6) is 0 Å². The molecule has 5 nitrogen and oxygen atoms in total. The largest absolute Gasteiger partial charge is 0.342 e. The lowest BCUT2D eigenvalue weighted by molar-refractivity contribution is -0.127. The molecule has 1 atom stereocenters. The molecule has 0 bridgehead atoms. The van der Waals surface area contributed by atoms with Crippen LogP contribution in [0.15, 0.2) is 0 Å². The maximum absolute atomic E-state index is 11.8. The van der Waals surface area contributed by atoms with E-state index in [-0.39, 0.29) is 11.0 Å². The van der Waals surface area contributed by atoms with Crippen molar-refractivity contribution in [1.29, 1.82) is 0 Å². The molecular formula is C13H25N3O2S. The van der Waals surface area contributed by atoms with Gasteiger partial charge < -0.3 is 16.0 Å². The lowest BCUT2D eigenvalue weighted by Gasteiger charge is -2.16. The Balaban J connectivity index is 2.10. The molecule has 1 unspecified atom stereocenters. The van der Waals surface area contributed by atoms with Crippen LogP contribution in [0.1, 0.15) is 26.2 Å². The molecular weight excluding hydrogens is 262 g/mol. The van der Waals surface area contributed by atoms with Crippen LogP contribution in [0.2, 0.25) is 0 Å². The van der Waals surface area contributed by atoms with Crippen LogP contribution in [-0.2, 0) is 9.59 Å². The quantitative estimate of drug-likeness (QED) is 0.602. The highest BCUT2D eigenvalue weighted by atomic mass is 32.2. The maximum Gasteiger partial charge on any atom is 0.222 e. The molecule has 3 N–H and O–H groups in total. The van der Waals surface area contributed by atoms with Gasteiger partial charge in [0.25, 0.3) is 0 Å². The number of rotatable bonds is 9. The first kappa shape index (κ1) is 16.5. The normalized spacial score (nSPS) is 19.2. The van der Waals surface area contributed by atoms with E-state index in [0.717, 1.165) is 44.8 Å². The number of nitrogens with two attached hydrogens (primary N) is 1. The van der Waals surface area contributed by atoms with Crippen LogP contribution in [0.4, 0.5) is 0 Å². The van der Waals surface area contributed by atoms with Gasteiger partial charge in [0, 0.05) is 32.2 Å². The molecule has 1 heterocycles. The molecule has 1 aliphatic heterocycles. The predicted molar refractivity (Wildman–Crippen MR) is 79.0 cm³/mol. The fourth-order valence-electron chi connectivity index (χ4n) is 2.16. The first-order valence-corrected chi connectivity index (χ1v) is 7.94. The van der Waals surface area contributed by atoms with Gasteiger partial charge in [-0.15, -0.1) is 0 Å². The minimum absolute atomic E-state index is 0.134. The van der Waals surface area contributed by atoms with Crippen molar-refractivity contribution in [3.63, 3.8) is 0 Å². The van der Waals surface area contributed by atoms with Gasteiger partial charge in [-0.25, -0.2) is 0 Å². The minimum Gasteiger partial charge on any atom is -0.342 e. The molecule has 1 amide bonds. The summed E-state index contributed by atoms with van der Waals surface area (Å²) < 4.78 is 0. The zero-order valence-electron chi connectivity index (χ0n) is 11.7. The van der Waals surface area contributed by atoms with Crippen molar-refractivity contribution in [1.82, 2.24) is 10.2 Å². The fourth-order valence-corrected chi connectivity index (χ4v) is 2.86. The number of thioether (sulfide) groups is 1. The number of nitrogens with zero attached hydrogens (tertiary/aromatic N) is 1. The summed E-state index contributed by atoms with van der Waals surface area (Å²) in [6.07, 6.45) is 2.57. The molecule has 1 aliphatic rings. The number of hydrogen-bond acceptors (Lipinski definition) is 5. The molecule has 0 aromatic rings. The molecule has 1 rings (SSSR count). The molecule has 1 saturated heterocycles. The number of amides is 1. The molecule has 19 heavy (non-hydrogen) atoms. The molecule has 0 saturated carbocycles. The number of hydrogen-bond donors (Lipinski definition) is 2. The lowest BCUT2D eigenvalue weighted by atomic mass is 10.1. The van der Waals surface area contributed by atoms with Crippen molar-refractivity contribution >= 4 is 22.8 Å². The summed E-state index contributed by atoms with van der Waals surface area (Å²) in [5, 5.41) is 3.44. The summed E-state index contributed by atoms with van der Waals surface area (Å²) >= 11 is 1.33. The second kappa shape index (κ2) is 9.34. The molecule has 0 aromatic heterocycles. The third-order valence-corrected chi connectivity index (χ3v) is 4.20. The van der Waals surface area contributed by atoms with Gasteiger partial charge in [-0.1, -0.05) is 11.8 Å². The van der Waals surface area contributed by atoms with Crippen LogP contribution < -0.4 is 11.1 Å². The molecule has 0 aromatic carbocycles. The van der Waals surface area contributed by atoms with Crippen molar-refractivity contribution in [2.24, 2.45) is 11.7 Å². The van der Waals surface area contributed by atoms with E-state index in [1.54, 1.807) is 6.92 Å². The summed E-state index contributed by atoms with van der Waals surface area (Å²) in [5.74, 6) is 1.34. The van der Waals surface area contributed by atoms with E-state index in [4.69, 9.17) is 5.73 Å². The Hall–Kier alpha value is -0.590. The van der Waals surface area contributed by atoms with E-state index < -0.39 is 0 Å². The van der Waals surface area contributed by atoms with Crippen LogP contribution in [0.25, 0.3) is 0 Å². The van der Waals surface area contributed by atoms with Gasteiger partial charge in [0.1, 0.15) is 0 Å². The molecule has 0 aliphatic carbocycles. The van der Waals surface area contributed by atoms with E-state index in [0.29, 0.717) is 18.9 Å². The smallest absolute Gasteiger partial charge is 0.222 e. The Morgan fingerprint density at radius 2 is 2.21 bits per heavy atom. The summed E-state index contributed by atoms with van der Waals surface area (Å²) in [4.78, 5) is 24.6. The van der Waals surface area contributed by atoms with Crippen LogP contribution in [0, 0.1) is 5.92 Å². The van der Waals surface area contributed by atoms with Crippen LogP contribution in [-0.4, -0.2) is 54.4 Å². The zero-order chi connectivity index (χ0) is 14.1. The Bertz CT molecular complexity index is 300. The fraction of sp³-hybridized carbons (Fsp3) is 0.846. The standard InChI is InChI=1S/C13H25N3O2S/c1-11(17)19-10-12-8-13(18)16(9-12)7-3-6-15-5-2-4-14/h12,15H,2-10,14H2,1H3. The monoisotopic (exact) mass is 287 g/mol. The highest BCUT2D eigenvalue weighted by Gasteiger charge is 2.29. The summed E-state index contributed by atoms with van der Waals surface area (Å²) in [6.45, 7) is 5.79. The Morgan fingerprint density at radius 1 is 1.47 bits per heavy atom.